The van der Waals surface area contributed by atoms with E-state index in [-0.39, 0.29) is 34.6 Å². The van der Waals surface area contributed by atoms with Crippen LogP contribution in [0.2, 0.25) is 0 Å². The van der Waals surface area contributed by atoms with Gasteiger partial charge < -0.3 is 20.1 Å². The monoisotopic (exact) mass is 415 g/mol. The predicted octanol–water partition coefficient (Wildman–Crippen LogP) is 2.74. The third-order valence-corrected chi connectivity index (χ3v) is 4.75. The number of nitrogens with zero attached hydrogens (tertiary/aromatic N) is 4. The highest BCUT2D eigenvalue weighted by molar-refractivity contribution is 5.74. The number of carbonyl (C=O) groups is 1. The van der Waals surface area contributed by atoms with Gasteiger partial charge in [0.15, 0.2) is 0 Å². The van der Waals surface area contributed by atoms with Crippen LogP contribution in [0.5, 0.6) is 5.75 Å². The molecular formula is C19H18FN5O5. The van der Waals surface area contributed by atoms with E-state index in [2.05, 4.69) is 4.98 Å². The van der Waals surface area contributed by atoms with Crippen LogP contribution in [0.25, 0.3) is 11.3 Å². The Morgan fingerprint density at radius 3 is 2.63 bits per heavy atom. The number of hydrogen-bond acceptors (Lipinski definition) is 8. The smallest absolute Gasteiger partial charge is 0.404 e. The minimum atomic E-state index is -0.871. The van der Waals surface area contributed by atoms with E-state index in [0.29, 0.717) is 31.5 Å². The van der Waals surface area contributed by atoms with Crippen molar-refractivity contribution in [1.82, 2.24) is 4.98 Å². The van der Waals surface area contributed by atoms with Crippen LogP contribution >= 0.6 is 0 Å². The predicted molar refractivity (Wildman–Crippen MR) is 103 cm³/mol. The summed E-state index contributed by atoms with van der Waals surface area (Å²) >= 11 is 0. The van der Waals surface area contributed by atoms with Gasteiger partial charge in [-0.2, -0.15) is 5.26 Å². The van der Waals surface area contributed by atoms with E-state index in [1.807, 2.05) is 0 Å². The van der Waals surface area contributed by atoms with E-state index in [0.717, 1.165) is 6.07 Å². The van der Waals surface area contributed by atoms with Crippen LogP contribution in [-0.4, -0.2) is 42.3 Å². The molecule has 0 saturated carbocycles. The van der Waals surface area contributed by atoms with Crippen LogP contribution in [0, 0.1) is 27.3 Å². The van der Waals surface area contributed by atoms with E-state index < -0.39 is 16.8 Å². The zero-order valence-electron chi connectivity index (χ0n) is 16.0. The number of benzene rings is 1. The molecule has 0 bridgehead atoms. The van der Waals surface area contributed by atoms with Crippen LogP contribution in [0.4, 0.5) is 20.7 Å². The van der Waals surface area contributed by atoms with Gasteiger partial charge >= 0.3 is 11.8 Å². The maximum Gasteiger partial charge on any atom is 0.404 e. The average molecular weight is 415 g/mol. The van der Waals surface area contributed by atoms with Gasteiger partial charge in [0.2, 0.25) is 11.6 Å². The minimum absolute atomic E-state index is 0.0275. The molecule has 11 heteroatoms. The van der Waals surface area contributed by atoms with E-state index in [9.17, 15) is 19.3 Å². The number of hydrogen-bond donors (Lipinski definition) is 1. The Hall–Kier alpha value is -3.94. The fourth-order valence-corrected chi connectivity index (χ4v) is 3.31. The molecule has 0 radical (unpaired) electrons. The molecule has 0 unspecified atom stereocenters. The van der Waals surface area contributed by atoms with Gasteiger partial charge in [-0.25, -0.2) is 14.2 Å². The lowest BCUT2D eigenvalue weighted by Gasteiger charge is -2.32. The van der Waals surface area contributed by atoms with Crippen molar-refractivity contribution in [3.8, 4) is 23.1 Å². The molecule has 1 aromatic heterocycles. The number of anilines is 1. The van der Waals surface area contributed by atoms with Crippen molar-refractivity contribution in [2.24, 2.45) is 5.73 Å². The Morgan fingerprint density at radius 2 is 2.10 bits per heavy atom. The lowest BCUT2D eigenvalue weighted by atomic mass is 10.1. The van der Waals surface area contributed by atoms with Gasteiger partial charge in [0.25, 0.3) is 0 Å². The van der Waals surface area contributed by atoms with E-state index in [1.165, 1.54) is 25.3 Å². The van der Waals surface area contributed by atoms with Crippen molar-refractivity contribution in [3.05, 3.63) is 45.8 Å². The van der Waals surface area contributed by atoms with Gasteiger partial charge in [0.05, 0.1) is 23.3 Å². The second-order valence-corrected chi connectivity index (χ2v) is 6.57. The van der Waals surface area contributed by atoms with Gasteiger partial charge in [0.1, 0.15) is 18.0 Å². The number of piperidine rings is 1. The number of nitro groups is 1. The fourth-order valence-electron chi connectivity index (χ4n) is 3.31. The summed E-state index contributed by atoms with van der Waals surface area (Å²) in [6, 6.07) is 7.05. The van der Waals surface area contributed by atoms with E-state index in [1.54, 1.807) is 11.0 Å². The number of amides is 1. The number of ether oxygens (including phenoxy) is 2. The quantitative estimate of drug-likeness (QED) is 0.580. The second kappa shape index (κ2) is 8.60. The minimum Gasteiger partial charge on any atom is -0.490 e. The summed E-state index contributed by atoms with van der Waals surface area (Å²) < 4.78 is 24.3. The fraction of sp³-hybridized carbons (Fsp3) is 0.316. The molecule has 10 nitrogen and oxygen atoms in total. The highest BCUT2D eigenvalue weighted by Gasteiger charge is 2.31. The number of rotatable bonds is 5. The van der Waals surface area contributed by atoms with Gasteiger partial charge in [-0.05, 0) is 12.1 Å². The van der Waals surface area contributed by atoms with Gasteiger partial charge in [0, 0.05) is 37.6 Å². The van der Waals surface area contributed by atoms with Crippen LogP contribution < -0.4 is 15.4 Å². The first-order chi connectivity index (χ1) is 14.3. The maximum absolute atomic E-state index is 14.1. The highest BCUT2D eigenvalue weighted by Crippen LogP contribution is 2.40. The van der Waals surface area contributed by atoms with Gasteiger partial charge in [-0.1, -0.05) is 6.07 Å². The van der Waals surface area contributed by atoms with E-state index >= 15 is 0 Å². The molecule has 1 aromatic carbocycles. The molecule has 1 amide bonds. The molecule has 1 aliphatic rings. The topological polar surface area (TPSA) is 145 Å². The van der Waals surface area contributed by atoms with Crippen LogP contribution in [-0.2, 0) is 4.74 Å². The first-order valence-corrected chi connectivity index (χ1v) is 8.98. The summed E-state index contributed by atoms with van der Waals surface area (Å²) in [4.78, 5) is 28.2. The zero-order chi connectivity index (χ0) is 21.8. The molecule has 156 valence electrons. The van der Waals surface area contributed by atoms with Crippen LogP contribution in [0.1, 0.15) is 18.4 Å². The largest absolute Gasteiger partial charge is 0.490 e. The summed E-state index contributed by atoms with van der Waals surface area (Å²) in [6.07, 6.45) is -0.417. The van der Waals surface area contributed by atoms with Crippen molar-refractivity contribution >= 4 is 17.6 Å². The summed E-state index contributed by atoms with van der Waals surface area (Å²) in [5.41, 5.74) is 5.20. The average Bonchev–Trinajstić information content (AvgIpc) is 2.72. The Labute approximate surface area is 170 Å². The van der Waals surface area contributed by atoms with Gasteiger partial charge in [-0.3, -0.25) is 10.1 Å². The summed E-state index contributed by atoms with van der Waals surface area (Å²) in [5.74, 6) is -0.683. The highest BCUT2D eigenvalue weighted by atomic mass is 19.1. The number of pyridine rings is 1. The lowest BCUT2D eigenvalue weighted by molar-refractivity contribution is -0.385. The van der Waals surface area contributed by atoms with Crippen LogP contribution in [0.15, 0.2) is 24.3 Å². The maximum atomic E-state index is 14.1. The normalized spacial score (nSPS) is 14.1. The molecule has 2 N–H and O–H groups in total. The molecule has 0 spiro atoms. The third-order valence-electron chi connectivity index (χ3n) is 4.75. The Balaban J connectivity index is 2.02. The first-order valence-electron chi connectivity index (χ1n) is 8.98. The molecule has 3 rings (SSSR count). The van der Waals surface area contributed by atoms with Crippen molar-refractivity contribution in [2.45, 2.75) is 18.9 Å². The molecule has 1 aliphatic heterocycles. The standard InChI is InChI=1S/C19H18FN5O5/c1-29-16-9-15(11-2-3-12(10-21)14(20)8-11)23-18(17(16)25(27)28)24-6-4-13(5-7-24)30-19(22)26/h2-3,8-9,13H,4-7H2,1H3,(H2,22,26). The number of methoxy groups -OCH3 is 1. The molecule has 2 aromatic rings. The Bertz CT molecular complexity index is 1030. The zero-order valence-corrected chi connectivity index (χ0v) is 16.0. The van der Waals surface area contributed by atoms with Crippen molar-refractivity contribution < 1.29 is 23.6 Å². The number of primary amides is 1. The van der Waals surface area contributed by atoms with Crippen LogP contribution in [0.3, 0.4) is 0 Å². The molecule has 1 fully saturated rings. The first kappa shape index (κ1) is 20.8. The third kappa shape index (κ3) is 4.22. The Kier molecular flexibility index (Phi) is 5.96. The van der Waals surface area contributed by atoms with Crippen molar-refractivity contribution in [3.63, 3.8) is 0 Å². The summed E-state index contributed by atoms with van der Waals surface area (Å²) in [5, 5.41) is 20.6. The number of halogens is 1. The summed E-state index contributed by atoms with van der Waals surface area (Å²) in [6.45, 7) is 0.667. The second-order valence-electron chi connectivity index (χ2n) is 6.57. The molecule has 0 atom stereocenters. The van der Waals surface area contributed by atoms with Gasteiger partial charge in [-0.15, -0.1) is 0 Å². The molecule has 2 heterocycles. The number of carbonyl (C=O) groups excluding carboxylic acids is 1. The number of aromatic nitrogens is 1. The molecular weight excluding hydrogens is 397 g/mol. The molecule has 1 saturated heterocycles. The number of nitriles is 1. The lowest BCUT2D eigenvalue weighted by Crippen LogP contribution is -2.39. The van der Waals surface area contributed by atoms with Crippen molar-refractivity contribution in [1.29, 1.82) is 5.26 Å². The summed E-state index contributed by atoms with van der Waals surface area (Å²) in [7, 11) is 1.29. The number of nitrogens with two attached hydrogens (primary N) is 1. The van der Waals surface area contributed by atoms with E-state index in [4.69, 9.17) is 20.5 Å². The van der Waals surface area contributed by atoms with Crippen molar-refractivity contribution in [2.75, 3.05) is 25.1 Å². The SMILES string of the molecule is COc1cc(-c2ccc(C#N)c(F)c2)nc(N2CCC(OC(N)=O)CC2)c1[N+](=O)[O-]. The Morgan fingerprint density at radius 1 is 1.40 bits per heavy atom. The molecule has 0 aliphatic carbocycles. The molecule has 30 heavy (non-hydrogen) atoms.